The molecule has 0 radical (unpaired) electrons. The van der Waals surface area contributed by atoms with E-state index in [-0.39, 0.29) is 5.82 Å². The zero-order valence-corrected chi connectivity index (χ0v) is 12.7. The van der Waals surface area contributed by atoms with Crippen molar-refractivity contribution in [3.8, 4) is 17.1 Å². The molecule has 2 aromatic carbocycles. The predicted octanol–water partition coefficient (Wildman–Crippen LogP) is 3.12. The number of nitrogens with two attached hydrogens (primary N) is 1. The van der Waals surface area contributed by atoms with Gasteiger partial charge in [-0.1, -0.05) is 15.9 Å². The molecular formula is C14H11BrFN5. The van der Waals surface area contributed by atoms with Crippen molar-refractivity contribution in [2.24, 2.45) is 0 Å². The highest BCUT2D eigenvalue weighted by atomic mass is 79.9. The molecule has 1 heterocycles. The Labute approximate surface area is 128 Å². The first-order valence-electron chi connectivity index (χ1n) is 6.16. The zero-order chi connectivity index (χ0) is 15.0. The normalized spacial score (nSPS) is 10.8. The van der Waals surface area contributed by atoms with Gasteiger partial charge in [-0.05, 0) is 59.3 Å². The highest BCUT2D eigenvalue weighted by molar-refractivity contribution is 9.10. The molecule has 0 amide bonds. The molecule has 7 heteroatoms. The van der Waals surface area contributed by atoms with Crippen molar-refractivity contribution in [2.75, 3.05) is 5.73 Å². The van der Waals surface area contributed by atoms with Crippen molar-refractivity contribution in [1.29, 1.82) is 0 Å². The van der Waals surface area contributed by atoms with Crippen LogP contribution in [0.2, 0.25) is 0 Å². The number of anilines is 1. The van der Waals surface area contributed by atoms with Gasteiger partial charge in [-0.3, -0.25) is 0 Å². The van der Waals surface area contributed by atoms with Crippen LogP contribution in [0.15, 0.2) is 40.9 Å². The van der Waals surface area contributed by atoms with Gasteiger partial charge in [0.25, 0.3) is 0 Å². The minimum atomic E-state index is -0.294. The maximum Gasteiger partial charge on any atom is 0.187 e. The number of nitrogen functional groups attached to an aromatic ring is 1. The number of hydrogen-bond acceptors (Lipinski definition) is 4. The molecular weight excluding hydrogens is 337 g/mol. The van der Waals surface area contributed by atoms with Gasteiger partial charge in [0.2, 0.25) is 0 Å². The minimum Gasteiger partial charge on any atom is -0.399 e. The summed E-state index contributed by atoms with van der Waals surface area (Å²) in [6, 6.07) is 9.91. The Balaban J connectivity index is 2.17. The standard InChI is InChI=1S/C14H11BrFN5/c1-8-4-11(16)2-3-13(8)21-14(18-19-20-21)9-5-10(15)7-12(17)6-9/h2-7H,17H2,1H3. The summed E-state index contributed by atoms with van der Waals surface area (Å²) in [5.74, 6) is 0.246. The first kappa shape index (κ1) is 13.7. The largest absolute Gasteiger partial charge is 0.399 e. The van der Waals surface area contributed by atoms with E-state index in [4.69, 9.17) is 5.73 Å². The first-order chi connectivity index (χ1) is 10.0. The van der Waals surface area contributed by atoms with Crippen molar-refractivity contribution in [2.45, 2.75) is 6.92 Å². The second-order valence-corrected chi connectivity index (χ2v) is 5.53. The van der Waals surface area contributed by atoms with Crippen LogP contribution in [0.3, 0.4) is 0 Å². The number of nitrogens with zero attached hydrogens (tertiary/aromatic N) is 4. The van der Waals surface area contributed by atoms with Crippen LogP contribution in [-0.2, 0) is 0 Å². The Morgan fingerprint density at radius 1 is 1.19 bits per heavy atom. The lowest BCUT2D eigenvalue weighted by Crippen LogP contribution is -2.03. The summed E-state index contributed by atoms with van der Waals surface area (Å²) in [5.41, 5.74) is 8.68. The molecule has 0 aliphatic heterocycles. The van der Waals surface area contributed by atoms with Crippen LogP contribution in [0.25, 0.3) is 17.1 Å². The van der Waals surface area contributed by atoms with Crippen molar-refractivity contribution >= 4 is 21.6 Å². The van der Waals surface area contributed by atoms with Gasteiger partial charge >= 0.3 is 0 Å². The van der Waals surface area contributed by atoms with Gasteiger partial charge in [0.15, 0.2) is 5.82 Å². The lowest BCUT2D eigenvalue weighted by atomic mass is 10.1. The molecule has 0 atom stereocenters. The van der Waals surface area contributed by atoms with Crippen LogP contribution in [-0.4, -0.2) is 20.2 Å². The van der Waals surface area contributed by atoms with Gasteiger partial charge in [0.05, 0.1) is 5.69 Å². The molecule has 0 aliphatic carbocycles. The Morgan fingerprint density at radius 2 is 2.00 bits per heavy atom. The van der Waals surface area contributed by atoms with E-state index in [1.165, 1.54) is 12.1 Å². The third-order valence-corrected chi connectivity index (χ3v) is 3.49. The SMILES string of the molecule is Cc1cc(F)ccc1-n1nnnc1-c1cc(N)cc(Br)c1. The number of tetrazole rings is 1. The van der Waals surface area contributed by atoms with Crippen molar-refractivity contribution in [3.05, 3.63) is 52.3 Å². The fourth-order valence-corrected chi connectivity index (χ4v) is 2.64. The fourth-order valence-electron chi connectivity index (χ4n) is 2.13. The molecule has 0 aliphatic rings. The average Bonchev–Trinajstić information content (AvgIpc) is 2.86. The summed E-state index contributed by atoms with van der Waals surface area (Å²) in [7, 11) is 0. The second kappa shape index (κ2) is 5.25. The molecule has 0 saturated heterocycles. The van der Waals surface area contributed by atoms with Gasteiger partial charge in [0, 0.05) is 15.7 Å². The molecule has 0 fully saturated rings. The quantitative estimate of drug-likeness (QED) is 0.723. The summed E-state index contributed by atoms with van der Waals surface area (Å²) in [6.45, 7) is 1.80. The number of rotatable bonds is 2. The van der Waals surface area contributed by atoms with Crippen LogP contribution in [0.5, 0.6) is 0 Å². The van der Waals surface area contributed by atoms with E-state index in [0.717, 1.165) is 21.3 Å². The lowest BCUT2D eigenvalue weighted by Gasteiger charge is -2.08. The molecule has 2 N–H and O–H groups in total. The molecule has 21 heavy (non-hydrogen) atoms. The summed E-state index contributed by atoms with van der Waals surface area (Å²) < 4.78 is 15.6. The number of aromatic nitrogens is 4. The average molecular weight is 348 g/mol. The Hall–Kier alpha value is -2.28. The maximum atomic E-state index is 13.2. The monoisotopic (exact) mass is 347 g/mol. The number of hydrogen-bond donors (Lipinski definition) is 1. The predicted molar refractivity (Wildman–Crippen MR) is 81.4 cm³/mol. The third-order valence-electron chi connectivity index (χ3n) is 3.03. The zero-order valence-electron chi connectivity index (χ0n) is 11.1. The first-order valence-corrected chi connectivity index (χ1v) is 6.95. The van der Waals surface area contributed by atoms with E-state index >= 15 is 0 Å². The number of aryl methyl sites for hydroxylation is 1. The summed E-state index contributed by atoms with van der Waals surface area (Å²) in [5, 5.41) is 11.7. The third kappa shape index (κ3) is 2.64. The van der Waals surface area contributed by atoms with Gasteiger partial charge < -0.3 is 5.73 Å². The Kier molecular flexibility index (Phi) is 3.42. The Morgan fingerprint density at radius 3 is 2.71 bits per heavy atom. The summed E-state index contributed by atoms with van der Waals surface area (Å²) >= 11 is 3.40. The van der Waals surface area contributed by atoms with E-state index in [1.54, 1.807) is 29.8 Å². The van der Waals surface area contributed by atoms with Crippen LogP contribution < -0.4 is 5.73 Å². The molecule has 3 aromatic rings. The molecule has 1 aromatic heterocycles. The highest BCUT2D eigenvalue weighted by Gasteiger charge is 2.13. The van der Waals surface area contributed by atoms with Gasteiger partial charge in [-0.2, -0.15) is 4.68 Å². The summed E-state index contributed by atoms with van der Waals surface area (Å²) in [6.07, 6.45) is 0. The maximum absolute atomic E-state index is 13.2. The summed E-state index contributed by atoms with van der Waals surface area (Å²) in [4.78, 5) is 0. The van der Waals surface area contributed by atoms with Crippen LogP contribution in [0, 0.1) is 12.7 Å². The van der Waals surface area contributed by atoms with Crippen molar-refractivity contribution < 1.29 is 4.39 Å². The molecule has 3 rings (SSSR count). The van der Waals surface area contributed by atoms with E-state index in [1.807, 2.05) is 6.07 Å². The van der Waals surface area contributed by atoms with E-state index < -0.39 is 0 Å². The molecule has 0 spiro atoms. The lowest BCUT2D eigenvalue weighted by molar-refractivity contribution is 0.625. The number of benzene rings is 2. The van der Waals surface area contributed by atoms with Gasteiger partial charge in [-0.15, -0.1) is 5.10 Å². The molecule has 0 bridgehead atoms. The molecule has 5 nitrogen and oxygen atoms in total. The van der Waals surface area contributed by atoms with Crippen LogP contribution in [0.1, 0.15) is 5.56 Å². The van der Waals surface area contributed by atoms with Crippen LogP contribution in [0.4, 0.5) is 10.1 Å². The fraction of sp³-hybridized carbons (Fsp3) is 0.0714. The van der Waals surface area contributed by atoms with Crippen LogP contribution >= 0.6 is 15.9 Å². The second-order valence-electron chi connectivity index (χ2n) is 4.62. The molecule has 0 unspecified atom stereocenters. The van der Waals surface area contributed by atoms with E-state index in [2.05, 4.69) is 31.5 Å². The van der Waals surface area contributed by atoms with Crippen molar-refractivity contribution in [1.82, 2.24) is 20.2 Å². The molecule has 0 saturated carbocycles. The van der Waals surface area contributed by atoms with E-state index in [9.17, 15) is 4.39 Å². The number of halogens is 2. The smallest absolute Gasteiger partial charge is 0.187 e. The van der Waals surface area contributed by atoms with Gasteiger partial charge in [-0.25, -0.2) is 4.39 Å². The van der Waals surface area contributed by atoms with E-state index in [0.29, 0.717) is 11.5 Å². The molecule has 106 valence electrons. The highest BCUT2D eigenvalue weighted by Crippen LogP contribution is 2.26. The van der Waals surface area contributed by atoms with Crippen molar-refractivity contribution in [3.63, 3.8) is 0 Å². The topological polar surface area (TPSA) is 69.6 Å². The van der Waals surface area contributed by atoms with Gasteiger partial charge in [0.1, 0.15) is 5.82 Å². The minimum absolute atomic E-state index is 0.294. The Bertz CT molecular complexity index is 795.